The molecular weight excluding hydrogens is 655 g/mol. The predicted molar refractivity (Wildman–Crippen MR) is 225 cm³/mol. The van der Waals surface area contributed by atoms with Crippen molar-refractivity contribution in [3.05, 3.63) is 210 Å². The smallest absolute Gasteiger partial charge is 0.136 e. The van der Waals surface area contributed by atoms with Crippen molar-refractivity contribution in [3.8, 4) is 16.8 Å². The van der Waals surface area contributed by atoms with Crippen LogP contribution in [0.1, 0.15) is 27.8 Å². The van der Waals surface area contributed by atoms with Crippen LogP contribution in [-0.4, -0.2) is 4.57 Å². The zero-order chi connectivity index (χ0) is 35.5. The molecule has 9 aromatic carbocycles. The molecular formula is C52H33NO. The van der Waals surface area contributed by atoms with E-state index in [-0.39, 0.29) is 0 Å². The number of fused-ring (bicyclic) bond motifs is 12. The van der Waals surface area contributed by atoms with Crippen LogP contribution in [0.15, 0.2) is 186 Å². The van der Waals surface area contributed by atoms with Crippen molar-refractivity contribution >= 4 is 65.3 Å². The van der Waals surface area contributed by atoms with E-state index < -0.39 is 5.41 Å². The van der Waals surface area contributed by atoms with Crippen LogP contribution in [0.25, 0.3) is 82.1 Å². The molecule has 2 heteroatoms. The van der Waals surface area contributed by atoms with Gasteiger partial charge in [0.2, 0.25) is 0 Å². The number of benzene rings is 9. The van der Waals surface area contributed by atoms with Crippen molar-refractivity contribution < 1.29 is 4.42 Å². The highest BCUT2D eigenvalue weighted by atomic mass is 16.3. The van der Waals surface area contributed by atoms with Crippen LogP contribution in [0.5, 0.6) is 0 Å². The van der Waals surface area contributed by atoms with Gasteiger partial charge in [0, 0.05) is 26.9 Å². The lowest BCUT2D eigenvalue weighted by molar-refractivity contribution is 0.668. The molecule has 2 heterocycles. The second-order valence-electron chi connectivity index (χ2n) is 14.9. The fourth-order valence-corrected chi connectivity index (χ4v) is 9.84. The van der Waals surface area contributed by atoms with Crippen molar-refractivity contribution in [2.24, 2.45) is 0 Å². The zero-order valence-electron chi connectivity index (χ0n) is 29.7. The first-order valence-corrected chi connectivity index (χ1v) is 18.8. The van der Waals surface area contributed by atoms with Crippen molar-refractivity contribution in [1.82, 2.24) is 4.57 Å². The summed E-state index contributed by atoms with van der Waals surface area (Å²) in [5.41, 5.74) is 13.8. The molecule has 0 saturated carbocycles. The Morgan fingerprint density at radius 3 is 1.78 bits per heavy atom. The quantitative estimate of drug-likeness (QED) is 0.181. The molecule has 0 amide bonds. The molecule has 0 radical (unpaired) electrons. The molecule has 11 aromatic rings. The normalized spacial score (nSPS) is 13.4. The number of hydrogen-bond donors (Lipinski definition) is 0. The summed E-state index contributed by atoms with van der Waals surface area (Å²) in [6.45, 7) is 2.20. The summed E-state index contributed by atoms with van der Waals surface area (Å²) in [6.07, 6.45) is 0. The Morgan fingerprint density at radius 2 is 1.00 bits per heavy atom. The molecule has 0 fully saturated rings. The molecule has 0 bridgehead atoms. The van der Waals surface area contributed by atoms with Gasteiger partial charge < -0.3 is 8.98 Å². The van der Waals surface area contributed by atoms with Crippen molar-refractivity contribution in [1.29, 1.82) is 0 Å². The topological polar surface area (TPSA) is 18.1 Å². The second kappa shape index (κ2) is 10.8. The Morgan fingerprint density at radius 1 is 0.426 bits per heavy atom. The average Bonchev–Trinajstić information content (AvgIpc) is 3.86. The first-order chi connectivity index (χ1) is 26.7. The highest BCUT2D eigenvalue weighted by molar-refractivity contribution is 6.19. The average molecular weight is 688 g/mol. The minimum atomic E-state index is -0.568. The number of rotatable bonds is 3. The van der Waals surface area contributed by atoms with Gasteiger partial charge in [0.05, 0.1) is 22.1 Å². The molecule has 0 atom stereocenters. The lowest BCUT2D eigenvalue weighted by atomic mass is 9.67. The number of nitrogens with zero attached hydrogens (tertiary/aromatic N) is 1. The number of aromatic nitrogens is 1. The Labute approximate surface area is 312 Å². The van der Waals surface area contributed by atoms with E-state index in [1.54, 1.807) is 0 Å². The van der Waals surface area contributed by atoms with E-state index in [0.717, 1.165) is 16.6 Å². The zero-order valence-corrected chi connectivity index (χ0v) is 29.7. The van der Waals surface area contributed by atoms with Crippen LogP contribution in [0, 0.1) is 6.92 Å². The lowest BCUT2D eigenvalue weighted by Gasteiger charge is -2.34. The first kappa shape index (κ1) is 29.7. The summed E-state index contributed by atoms with van der Waals surface area (Å²) in [7, 11) is 0. The van der Waals surface area contributed by atoms with Gasteiger partial charge in [-0.1, -0.05) is 139 Å². The summed E-state index contributed by atoms with van der Waals surface area (Å²) in [5.74, 6) is 0. The minimum Gasteiger partial charge on any atom is -0.456 e. The van der Waals surface area contributed by atoms with E-state index >= 15 is 0 Å². The van der Waals surface area contributed by atoms with Crippen molar-refractivity contribution in [2.75, 3.05) is 0 Å². The predicted octanol–water partition coefficient (Wildman–Crippen LogP) is 13.7. The number of hydrogen-bond acceptors (Lipinski definition) is 1. The fourth-order valence-electron chi connectivity index (χ4n) is 9.84. The monoisotopic (exact) mass is 687 g/mol. The lowest BCUT2D eigenvalue weighted by Crippen LogP contribution is -2.28. The molecule has 2 nitrogen and oxygen atoms in total. The first-order valence-electron chi connectivity index (χ1n) is 18.8. The summed E-state index contributed by atoms with van der Waals surface area (Å²) < 4.78 is 9.01. The van der Waals surface area contributed by atoms with E-state index in [9.17, 15) is 0 Å². The van der Waals surface area contributed by atoms with Crippen LogP contribution in [0.4, 0.5) is 0 Å². The van der Waals surface area contributed by atoms with Gasteiger partial charge in [0.15, 0.2) is 0 Å². The van der Waals surface area contributed by atoms with Gasteiger partial charge in [0.1, 0.15) is 11.2 Å². The number of aryl methyl sites for hydroxylation is 1. The van der Waals surface area contributed by atoms with Crippen LogP contribution in [0.2, 0.25) is 0 Å². The summed E-state index contributed by atoms with van der Waals surface area (Å²) in [5, 5.41) is 9.73. The minimum absolute atomic E-state index is 0.568. The molecule has 0 spiro atoms. The second-order valence-corrected chi connectivity index (χ2v) is 14.9. The van der Waals surface area contributed by atoms with Crippen LogP contribution >= 0.6 is 0 Å². The van der Waals surface area contributed by atoms with Gasteiger partial charge in [0.25, 0.3) is 0 Å². The maximum absolute atomic E-state index is 6.55. The molecule has 0 aliphatic heterocycles. The Balaban J connectivity index is 1.21. The Hall–Kier alpha value is -6.90. The molecule has 12 rings (SSSR count). The standard InChI is InChI=1S/C52H33NO/c1-32-21-25-47-41(29-32)42-30-35(23-26-48(42)53(47)46-20-10-13-33-11-2-4-14-37(33)46)52(44-18-8-6-16-39(44)40-17-7-9-19-45(40)52)36-24-28-49-43(31-36)51-38-15-5-3-12-34(38)22-27-50(51)54-49/h2-31H,1H3. The van der Waals surface area contributed by atoms with E-state index in [0.29, 0.717) is 0 Å². The Bertz CT molecular complexity index is 3310. The van der Waals surface area contributed by atoms with Gasteiger partial charge in [-0.25, -0.2) is 0 Å². The molecule has 252 valence electrons. The third-order valence-electron chi connectivity index (χ3n) is 12.1. The molecule has 1 aliphatic rings. The SMILES string of the molecule is Cc1ccc2c(c1)c1cc(C3(c4ccc5oc6ccc7ccccc7c6c5c4)c4ccccc4-c4ccccc43)ccc1n2-c1cccc2ccccc12. The van der Waals surface area contributed by atoms with E-state index in [2.05, 4.69) is 193 Å². The fraction of sp³-hybridized carbons (Fsp3) is 0.0385. The molecule has 0 saturated heterocycles. The molecule has 0 N–H and O–H groups in total. The molecule has 54 heavy (non-hydrogen) atoms. The maximum atomic E-state index is 6.55. The van der Waals surface area contributed by atoms with Crippen LogP contribution in [-0.2, 0) is 5.41 Å². The van der Waals surface area contributed by atoms with Gasteiger partial charge in [-0.2, -0.15) is 0 Å². The van der Waals surface area contributed by atoms with Gasteiger partial charge in [-0.3, -0.25) is 0 Å². The summed E-state index contributed by atoms with van der Waals surface area (Å²) in [4.78, 5) is 0. The van der Waals surface area contributed by atoms with E-state index in [1.165, 1.54) is 93.4 Å². The summed E-state index contributed by atoms with van der Waals surface area (Å²) in [6, 6.07) is 67.4. The molecule has 2 aromatic heterocycles. The van der Waals surface area contributed by atoms with Crippen molar-refractivity contribution in [2.45, 2.75) is 12.3 Å². The highest BCUT2D eigenvalue weighted by Gasteiger charge is 2.46. The van der Waals surface area contributed by atoms with Gasteiger partial charge >= 0.3 is 0 Å². The maximum Gasteiger partial charge on any atom is 0.136 e. The Kier molecular flexibility index (Phi) is 5.94. The third-order valence-corrected chi connectivity index (χ3v) is 12.1. The largest absolute Gasteiger partial charge is 0.456 e. The van der Waals surface area contributed by atoms with Crippen LogP contribution in [0.3, 0.4) is 0 Å². The van der Waals surface area contributed by atoms with Gasteiger partial charge in [-0.05, 0) is 105 Å². The highest BCUT2D eigenvalue weighted by Crippen LogP contribution is 2.57. The van der Waals surface area contributed by atoms with E-state index in [4.69, 9.17) is 4.42 Å². The summed E-state index contributed by atoms with van der Waals surface area (Å²) >= 11 is 0. The third kappa shape index (κ3) is 3.84. The molecule has 0 unspecified atom stereocenters. The van der Waals surface area contributed by atoms with Crippen LogP contribution < -0.4 is 0 Å². The number of furan rings is 1. The van der Waals surface area contributed by atoms with Crippen molar-refractivity contribution in [3.63, 3.8) is 0 Å². The van der Waals surface area contributed by atoms with E-state index in [1.807, 2.05) is 0 Å². The van der Waals surface area contributed by atoms with Gasteiger partial charge in [-0.15, -0.1) is 0 Å². The molecule has 1 aliphatic carbocycles.